The van der Waals surface area contributed by atoms with Crippen LogP contribution in [0.3, 0.4) is 0 Å². The molecule has 6 heteroatoms. The van der Waals surface area contributed by atoms with E-state index in [1.54, 1.807) is 14.2 Å². The fourth-order valence-electron chi connectivity index (χ4n) is 0.523. The van der Waals surface area contributed by atoms with Crippen LogP contribution in [0.4, 0.5) is 0 Å². The zero-order valence-corrected chi connectivity index (χ0v) is 10.2. The minimum atomic E-state index is -2.08. The Morgan fingerprint density at radius 3 is 2.42 bits per heavy atom. The van der Waals surface area contributed by atoms with E-state index in [1.165, 1.54) is 18.0 Å². The fourth-order valence-corrected chi connectivity index (χ4v) is 2.88. The van der Waals surface area contributed by atoms with E-state index in [4.69, 9.17) is 20.9 Å². The van der Waals surface area contributed by atoms with Crippen LogP contribution in [-0.2, 0) is 20.9 Å². The lowest BCUT2D eigenvalue weighted by Crippen LogP contribution is -2.05. The van der Waals surface area contributed by atoms with Crippen molar-refractivity contribution in [3.05, 3.63) is 0 Å². The molecule has 0 aliphatic carbocycles. The maximum atomic E-state index is 5.12. The van der Waals surface area contributed by atoms with Crippen molar-refractivity contribution in [2.75, 3.05) is 20.8 Å². The molecule has 0 heterocycles. The molecule has 0 amide bonds. The van der Waals surface area contributed by atoms with Crippen LogP contribution >= 0.6 is 17.3 Å². The Bertz CT molecular complexity index is 148. The minimum absolute atomic E-state index is 0.951. The zero-order valence-electron chi connectivity index (χ0n) is 7.70. The van der Waals surface area contributed by atoms with E-state index in [1.807, 2.05) is 0 Å². The molecule has 12 heavy (non-hydrogen) atoms. The average Bonchev–Trinajstić information content (AvgIpc) is 2.12. The lowest BCUT2D eigenvalue weighted by atomic mass is 10.3. The topological polar surface area (TPSA) is 30.5 Å². The van der Waals surface area contributed by atoms with Crippen molar-refractivity contribution in [2.24, 2.45) is 0 Å². The summed E-state index contributed by atoms with van der Waals surface area (Å²) in [6.45, 7) is 3.10. The van der Waals surface area contributed by atoms with Crippen molar-refractivity contribution >= 4 is 29.1 Å². The molecular weight excluding hydrogens is 213 g/mol. The van der Waals surface area contributed by atoms with Crippen LogP contribution in [0, 0.1) is 0 Å². The maximum Gasteiger partial charge on any atom is 0.261 e. The second kappa shape index (κ2) is 7.30. The molecule has 0 fully saturated rings. The van der Waals surface area contributed by atoms with E-state index in [9.17, 15) is 0 Å². The number of hydrogen-bond acceptors (Lipinski definition) is 5. The summed E-state index contributed by atoms with van der Waals surface area (Å²) in [4.78, 5) is 0. The highest BCUT2D eigenvalue weighted by Gasteiger charge is 2.15. The van der Waals surface area contributed by atoms with Crippen molar-refractivity contribution in [1.82, 2.24) is 4.72 Å². The van der Waals surface area contributed by atoms with Crippen LogP contribution in [0.5, 0.6) is 0 Å². The Hall–Kier alpha value is 0.880. The highest BCUT2D eigenvalue weighted by Crippen LogP contribution is 2.57. The molecule has 0 saturated heterocycles. The molecule has 0 spiro atoms. The third-order valence-electron chi connectivity index (χ3n) is 1.26. The zero-order chi connectivity index (χ0) is 9.45. The Kier molecular flexibility index (Phi) is 7.83. The van der Waals surface area contributed by atoms with Gasteiger partial charge in [-0.05, 0) is 18.2 Å². The van der Waals surface area contributed by atoms with Gasteiger partial charge in [0.1, 0.15) is 0 Å². The summed E-state index contributed by atoms with van der Waals surface area (Å²) in [5.41, 5.74) is -2.08. The highest BCUT2D eigenvalue weighted by atomic mass is 32.9. The van der Waals surface area contributed by atoms with Gasteiger partial charge in [0.05, 0.1) is 0 Å². The second-order valence-electron chi connectivity index (χ2n) is 2.15. The average molecular weight is 229 g/mol. The lowest BCUT2D eigenvalue weighted by molar-refractivity contribution is 0.353. The van der Waals surface area contributed by atoms with Crippen molar-refractivity contribution in [3.8, 4) is 0 Å². The predicted octanol–water partition coefficient (Wildman–Crippen LogP) is 2.54. The van der Waals surface area contributed by atoms with Crippen LogP contribution in [0.25, 0.3) is 0 Å². The minimum Gasteiger partial charge on any atom is -0.324 e. The van der Waals surface area contributed by atoms with E-state index >= 15 is 0 Å². The first-order chi connectivity index (χ1) is 5.68. The SMILES string of the molecule is CCCCNSP(=S)(OC)OC. The van der Waals surface area contributed by atoms with E-state index in [2.05, 4.69) is 11.6 Å². The molecule has 0 saturated carbocycles. The monoisotopic (exact) mass is 229 g/mol. The first-order valence-corrected chi connectivity index (χ1v) is 7.87. The molecule has 74 valence electrons. The Labute approximate surface area is 83.6 Å². The molecule has 0 radical (unpaired) electrons. The lowest BCUT2D eigenvalue weighted by Gasteiger charge is -2.16. The molecule has 0 aromatic carbocycles. The van der Waals surface area contributed by atoms with Gasteiger partial charge in [0, 0.05) is 32.3 Å². The molecule has 0 unspecified atom stereocenters. The largest absolute Gasteiger partial charge is 0.324 e. The standard InChI is InChI=1S/C6H16NO2PS2/c1-4-5-6-7-12-10(11,8-2)9-3/h7H,4-6H2,1-3H3. The molecule has 0 aromatic heterocycles. The van der Waals surface area contributed by atoms with Crippen molar-refractivity contribution in [1.29, 1.82) is 0 Å². The van der Waals surface area contributed by atoms with Crippen LogP contribution in [-0.4, -0.2) is 20.8 Å². The summed E-state index contributed by atoms with van der Waals surface area (Å²) in [5.74, 6) is 0. The van der Waals surface area contributed by atoms with Gasteiger partial charge in [-0.25, -0.2) is 0 Å². The van der Waals surface area contributed by atoms with E-state index < -0.39 is 5.69 Å². The quantitative estimate of drug-likeness (QED) is 0.412. The van der Waals surface area contributed by atoms with Crippen molar-refractivity contribution < 1.29 is 9.05 Å². The molecule has 3 nitrogen and oxygen atoms in total. The van der Waals surface area contributed by atoms with Gasteiger partial charge in [0.25, 0.3) is 5.69 Å². The van der Waals surface area contributed by atoms with E-state index in [0.717, 1.165) is 13.0 Å². The summed E-state index contributed by atoms with van der Waals surface area (Å²) in [5, 5.41) is 0. The molecule has 0 bridgehead atoms. The molecule has 1 N–H and O–H groups in total. The summed E-state index contributed by atoms with van der Waals surface area (Å²) in [7, 11) is 3.16. The first-order valence-electron chi connectivity index (χ1n) is 3.81. The summed E-state index contributed by atoms with van der Waals surface area (Å²) in [6.07, 6.45) is 2.33. The van der Waals surface area contributed by atoms with Crippen molar-refractivity contribution in [2.45, 2.75) is 19.8 Å². The summed E-state index contributed by atoms with van der Waals surface area (Å²) < 4.78 is 13.3. The smallest absolute Gasteiger partial charge is 0.261 e. The molecule has 0 rings (SSSR count). The van der Waals surface area contributed by atoms with Gasteiger partial charge in [-0.2, -0.15) is 0 Å². The number of rotatable bonds is 7. The first kappa shape index (κ1) is 12.9. The predicted molar refractivity (Wildman–Crippen MR) is 58.8 cm³/mol. The van der Waals surface area contributed by atoms with Crippen LogP contribution < -0.4 is 4.72 Å². The van der Waals surface area contributed by atoms with Crippen LogP contribution in [0.1, 0.15) is 19.8 Å². The van der Waals surface area contributed by atoms with Crippen LogP contribution in [0.2, 0.25) is 0 Å². The Balaban J connectivity index is 3.52. The second-order valence-corrected chi connectivity index (χ2v) is 8.37. The number of hydrogen-bond donors (Lipinski definition) is 1. The third kappa shape index (κ3) is 5.51. The van der Waals surface area contributed by atoms with Gasteiger partial charge in [0.2, 0.25) is 0 Å². The number of unbranched alkanes of at least 4 members (excludes halogenated alkanes) is 1. The molecule has 0 aliphatic rings. The van der Waals surface area contributed by atoms with E-state index in [-0.39, 0.29) is 0 Å². The third-order valence-corrected chi connectivity index (χ3v) is 6.23. The van der Waals surface area contributed by atoms with Crippen LogP contribution in [0.15, 0.2) is 0 Å². The summed E-state index contributed by atoms with van der Waals surface area (Å²) in [6, 6.07) is 0. The maximum absolute atomic E-state index is 5.12. The molecular formula is C6H16NO2PS2. The van der Waals surface area contributed by atoms with Gasteiger partial charge < -0.3 is 9.05 Å². The molecule has 0 atom stereocenters. The van der Waals surface area contributed by atoms with Gasteiger partial charge in [-0.1, -0.05) is 13.3 Å². The molecule has 0 aliphatic heterocycles. The van der Waals surface area contributed by atoms with E-state index in [0.29, 0.717) is 0 Å². The van der Waals surface area contributed by atoms with Crippen molar-refractivity contribution in [3.63, 3.8) is 0 Å². The van der Waals surface area contributed by atoms with Gasteiger partial charge in [-0.3, -0.25) is 4.72 Å². The summed E-state index contributed by atoms with van der Waals surface area (Å²) >= 11 is 6.52. The highest BCUT2D eigenvalue weighted by molar-refractivity contribution is 8.67. The van der Waals surface area contributed by atoms with Gasteiger partial charge in [-0.15, -0.1) is 0 Å². The molecule has 0 aromatic rings. The fraction of sp³-hybridized carbons (Fsp3) is 1.00. The number of nitrogens with one attached hydrogen (secondary N) is 1. The Morgan fingerprint density at radius 1 is 1.42 bits per heavy atom. The normalized spacial score (nSPS) is 11.9. The Morgan fingerprint density at radius 2 is 2.00 bits per heavy atom. The van der Waals surface area contributed by atoms with Gasteiger partial charge in [0.15, 0.2) is 0 Å². The van der Waals surface area contributed by atoms with Gasteiger partial charge >= 0.3 is 0 Å².